The van der Waals surface area contributed by atoms with Gasteiger partial charge in [0.1, 0.15) is 12.7 Å². The average molecular weight is 327 g/mol. The van der Waals surface area contributed by atoms with Crippen LogP contribution in [0.2, 0.25) is 0 Å². The number of benzene rings is 1. The van der Waals surface area contributed by atoms with Gasteiger partial charge in [-0.3, -0.25) is 9.48 Å². The molecule has 0 aliphatic carbocycles. The maximum atomic E-state index is 12.2. The van der Waals surface area contributed by atoms with Gasteiger partial charge in [-0.15, -0.1) is 0 Å². The van der Waals surface area contributed by atoms with Gasteiger partial charge in [0.15, 0.2) is 0 Å². The van der Waals surface area contributed by atoms with Crippen molar-refractivity contribution >= 4 is 11.6 Å². The summed E-state index contributed by atoms with van der Waals surface area (Å²) in [6.07, 6.45) is 7.46. The van der Waals surface area contributed by atoms with Crippen LogP contribution < -0.4 is 4.90 Å². The predicted molar refractivity (Wildman–Crippen MR) is 93.6 cm³/mol. The van der Waals surface area contributed by atoms with Gasteiger partial charge in [-0.05, 0) is 37.0 Å². The second-order valence-corrected chi connectivity index (χ2v) is 6.37. The fraction of sp³-hybridized carbons (Fsp3) is 0.500. The molecule has 128 valence electrons. The molecule has 6 heteroatoms. The highest BCUT2D eigenvalue weighted by Crippen LogP contribution is 2.20. The van der Waals surface area contributed by atoms with Gasteiger partial charge in [0.2, 0.25) is 5.91 Å². The quantitative estimate of drug-likeness (QED) is 0.817. The maximum absolute atomic E-state index is 12.2. The number of anilines is 1. The van der Waals surface area contributed by atoms with Crippen molar-refractivity contribution in [2.75, 3.05) is 25.0 Å². The first-order chi connectivity index (χ1) is 11.7. The van der Waals surface area contributed by atoms with Crippen LogP contribution in [-0.4, -0.2) is 45.7 Å². The Morgan fingerprint density at radius 3 is 2.58 bits per heavy atom. The third kappa shape index (κ3) is 4.34. The normalized spacial score (nSPS) is 14.6. The van der Waals surface area contributed by atoms with Crippen molar-refractivity contribution in [3.8, 4) is 0 Å². The van der Waals surface area contributed by atoms with Crippen LogP contribution >= 0.6 is 0 Å². The van der Waals surface area contributed by atoms with Crippen molar-refractivity contribution in [3.63, 3.8) is 0 Å². The molecule has 24 heavy (non-hydrogen) atoms. The molecule has 0 radical (unpaired) electrons. The molecule has 0 atom stereocenters. The molecule has 1 aliphatic heterocycles. The Hall–Kier alpha value is -2.37. The van der Waals surface area contributed by atoms with Gasteiger partial charge in [0, 0.05) is 38.8 Å². The minimum atomic E-state index is 0.116. The SMILES string of the molecule is CN(Cc1ccc(N2CCCCC2)cc1)C(=O)CCn1cncn1. The topological polar surface area (TPSA) is 54.3 Å². The summed E-state index contributed by atoms with van der Waals surface area (Å²) >= 11 is 0. The number of piperidine rings is 1. The summed E-state index contributed by atoms with van der Waals surface area (Å²) in [5, 5.41) is 4.02. The van der Waals surface area contributed by atoms with E-state index < -0.39 is 0 Å². The van der Waals surface area contributed by atoms with Crippen molar-refractivity contribution < 1.29 is 4.79 Å². The van der Waals surface area contributed by atoms with E-state index in [2.05, 4.69) is 39.2 Å². The lowest BCUT2D eigenvalue weighted by Gasteiger charge is -2.29. The molecule has 1 fully saturated rings. The lowest BCUT2D eigenvalue weighted by Crippen LogP contribution is -2.29. The van der Waals surface area contributed by atoms with Gasteiger partial charge < -0.3 is 9.80 Å². The number of carbonyl (C=O) groups is 1. The van der Waals surface area contributed by atoms with Crippen molar-refractivity contribution in [1.29, 1.82) is 0 Å². The van der Waals surface area contributed by atoms with E-state index in [1.165, 1.54) is 31.3 Å². The molecule has 1 amide bonds. The van der Waals surface area contributed by atoms with E-state index >= 15 is 0 Å². The van der Waals surface area contributed by atoms with Crippen LogP contribution in [0.15, 0.2) is 36.9 Å². The Morgan fingerprint density at radius 2 is 1.92 bits per heavy atom. The molecule has 0 unspecified atom stereocenters. The molecule has 1 aliphatic rings. The van der Waals surface area contributed by atoms with Gasteiger partial charge in [-0.1, -0.05) is 12.1 Å². The highest BCUT2D eigenvalue weighted by molar-refractivity contribution is 5.75. The zero-order valence-corrected chi connectivity index (χ0v) is 14.3. The predicted octanol–water partition coefficient (Wildman–Crippen LogP) is 2.32. The lowest BCUT2D eigenvalue weighted by molar-refractivity contribution is -0.130. The Morgan fingerprint density at radius 1 is 1.17 bits per heavy atom. The summed E-state index contributed by atoms with van der Waals surface area (Å²) in [5.74, 6) is 0.116. The first-order valence-electron chi connectivity index (χ1n) is 8.62. The lowest BCUT2D eigenvalue weighted by atomic mass is 10.1. The Bertz CT molecular complexity index is 632. The highest BCUT2D eigenvalue weighted by atomic mass is 16.2. The molecular formula is C18H25N5O. The maximum Gasteiger partial charge on any atom is 0.224 e. The largest absolute Gasteiger partial charge is 0.372 e. The first-order valence-corrected chi connectivity index (χ1v) is 8.62. The van der Waals surface area contributed by atoms with Crippen LogP contribution in [0.3, 0.4) is 0 Å². The zero-order chi connectivity index (χ0) is 16.8. The standard InChI is InChI=1S/C18H25N5O/c1-21(18(24)9-12-23-15-19-14-20-23)13-16-5-7-17(8-6-16)22-10-3-2-4-11-22/h5-8,14-15H,2-4,9-13H2,1H3. The summed E-state index contributed by atoms with van der Waals surface area (Å²) < 4.78 is 1.68. The molecule has 1 aromatic carbocycles. The minimum absolute atomic E-state index is 0.116. The number of aryl methyl sites for hydroxylation is 1. The van der Waals surface area contributed by atoms with Crippen LogP contribution in [0.5, 0.6) is 0 Å². The molecule has 0 saturated carbocycles. The number of nitrogens with zero attached hydrogens (tertiary/aromatic N) is 5. The monoisotopic (exact) mass is 327 g/mol. The van der Waals surface area contributed by atoms with Crippen molar-refractivity contribution in [2.45, 2.75) is 38.8 Å². The Balaban J connectivity index is 1.50. The number of amides is 1. The number of hydrogen-bond acceptors (Lipinski definition) is 4. The second-order valence-electron chi connectivity index (χ2n) is 6.37. The molecule has 6 nitrogen and oxygen atoms in total. The number of aromatic nitrogens is 3. The molecule has 1 aromatic heterocycles. The van der Waals surface area contributed by atoms with E-state index in [9.17, 15) is 4.79 Å². The van der Waals surface area contributed by atoms with Gasteiger partial charge in [-0.25, -0.2) is 4.98 Å². The third-order valence-electron chi connectivity index (χ3n) is 4.52. The zero-order valence-electron chi connectivity index (χ0n) is 14.3. The molecule has 0 spiro atoms. The average Bonchev–Trinajstić information content (AvgIpc) is 3.14. The first kappa shape index (κ1) is 16.5. The Labute approximate surface area is 143 Å². The fourth-order valence-electron chi connectivity index (χ4n) is 3.08. The van der Waals surface area contributed by atoms with E-state index in [0.29, 0.717) is 19.5 Å². The molecular weight excluding hydrogens is 302 g/mol. The van der Waals surface area contributed by atoms with E-state index in [1.807, 2.05) is 7.05 Å². The fourth-order valence-corrected chi connectivity index (χ4v) is 3.08. The summed E-state index contributed by atoms with van der Waals surface area (Å²) in [7, 11) is 1.85. The molecule has 0 bridgehead atoms. The van der Waals surface area contributed by atoms with E-state index in [1.54, 1.807) is 15.9 Å². The summed E-state index contributed by atoms with van der Waals surface area (Å²) in [6.45, 7) is 3.51. The van der Waals surface area contributed by atoms with Crippen molar-refractivity contribution in [3.05, 3.63) is 42.5 Å². The van der Waals surface area contributed by atoms with Crippen LogP contribution in [0.25, 0.3) is 0 Å². The van der Waals surface area contributed by atoms with Crippen LogP contribution in [0.4, 0.5) is 5.69 Å². The van der Waals surface area contributed by atoms with Crippen molar-refractivity contribution in [1.82, 2.24) is 19.7 Å². The van der Waals surface area contributed by atoms with Gasteiger partial charge in [0.05, 0.1) is 6.54 Å². The molecule has 2 aromatic rings. The minimum Gasteiger partial charge on any atom is -0.372 e. The van der Waals surface area contributed by atoms with Crippen molar-refractivity contribution in [2.24, 2.45) is 0 Å². The summed E-state index contributed by atoms with van der Waals surface area (Å²) in [5.41, 5.74) is 2.45. The molecule has 0 N–H and O–H groups in total. The number of hydrogen-bond donors (Lipinski definition) is 0. The summed E-state index contributed by atoms with van der Waals surface area (Å²) in [4.78, 5) is 20.3. The van der Waals surface area contributed by atoms with Gasteiger partial charge >= 0.3 is 0 Å². The van der Waals surface area contributed by atoms with Gasteiger partial charge in [0.25, 0.3) is 0 Å². The Kier molecular flexibility index (Phi) is 5.46. The van der Waals surface area contributed by atoms with E-state index in [0.717, 1.165) is 18.7 Å². The summed E-state index contributed by atoms with van der Waals surface area (Å²) in [6, 6.07) is 8.61. The van der Waals surface area contributed by atoms with Gasteiger partial charge in [-0.2, -0.15) is 5.10 Å². The molecule has 3 rings (SSSR count). The van der Waals surface area contributed by atoms with E-state index in [4.69, 9.17) is 0 Å². The van der Waals surface area contributed by atoms with Crippen LogP contribution in [0, 0.1) is 0 Å². The second kappa shape index (κ2) is 7.95. The third-order valence-corrected chi connectivity index (χ3v) is 4.52. The number of carbonyl (C=O) groups excluding carboxylic acids is 1. The molecule has 2 heterocycles. The van der Waals surface area contributed by atoms with E-state index in [-0.39, 0.29) is 5.91 Å². The van der Waals surface area contributed by atoms with Crippen LogP contribution in [-0.2, 0) is 17.9 Å². The van der Waals surface area contributed by atoms with Crippen LogP contribution in [0.1, 0.15) is 31.2 Å². The number of rotatable bonds is 6. The highest BCUT2D eigenvalue weighted by Gasteiger charge is 2.12. The molecule has 1 saturated heterocycles. The smallest absolute Gasteiger partial charge is 0.224 e.